The molecule has 0 bridgehead atoms. The van der Waals surface area contributed by atoms with Gasteiger partial charge < -0.3 is 14.8 Å². The number of methoxy groups -OCH3 is 1. The van der Waals surface area contributed by atoms with Crippen molar-refractivity contribution in [3.05, 3.63) is 64.4 Å². The standard InChI is InChI=1S/C20H22ClFN2O3/c1-26-15-5-2-4-14(12-15)18(24-8-10-27-11-9-24)13-23-20(25)19-16(21)6-3-7-17(19)22/h2-7,12,18H,8-11,13H2,1H3,(H,23,25). The molecular formula is C20H22ClFN2O3. The number of nitrogens with zero attached hydrogens (tertiary/aromatic N) is 1. The van der Waals surface area contributed by atoms with Crippen LogP contribution in [0.15, 0.2) is 42.5 Å². The number of nitrogens with one attached hydrogen (secondary N) is 1. The number of hydrogen-bond acceptors (Lipinski definition) is 4. The Bertz CT molecular complexity index is 776. The maximum absolute atomic E-state index is 14.0. The third kappa shape index (κ3) is 4.77. The molecule has 1 amide bonds. The van der Waals surface area contributed by atoms with Gasteiger partial charge in [-0.25, -0.2) is 4.39 Å². The number of ether oxygens (including phenoxy) is 2. The van der Waals surface area contributed by atoms with E-state index in [4.69, 9.17) is 21.1 Å². The van der Waals surface area contributed by atoms with Crippen LogP contribution in [-0.4, -0.2) is 50.8 Å². The van der Waals surface area contributed by atoms with Gasteiger partial charge in [0.05, 0.1) is 37.0 Å². The number of morpholine rings is 1. The molecule has 5 nitrogen and oxygen atoms in total. The summed E-state index contributed by atoms with van der Waals surface area (Å²) in [5.41, 5.74) is 0.877. The highest BCUT2D eigenvalue weighted by atomic mass is 35.5. The molecule has 7 heteroatoms. The molecule has 0 radical (unpaired) electrons. The van der Waals surface area contributed by atoms with Crippen LogP contribution >= 0.6 is 11.6 Å². The molecule has 0 saturated carbocycles. The summed E-state index contributed by atoms with van der Waals surface area (Å²) in [6.45, 7) is 3.08. The number of halogens is 2. The lowest BCUT2D eigenvalue weighted by Gasteiger charge is -2.35. The number of rotatable bonds is 6. The maximum atomic E-state index is 14.0. The summed E-state index contributed by atoms with van der Waals surface area (Å²) in [4.78, 5) is 14.8. The summed E-state index contributed by atoms with van der Waals surface area (Å²) in [6.07, 6.45) is 0. The highest BCUT2D eigenvalue weighted by molar-refractivity contribution is 6.33. The molecule has 1 aliphatic rings. The second kappa shape index (κ2) is 9.17. The van der Waals surface area contributed by atoms with Gasteiger partial charge in [0.2, 0.25) is 0 Å². The zero-order valence-electron chi connectivity index (χ0n) is 15.1. The van der Waals surface area contributed by atoms with Gasteiger partial charge in [-0.2, -0.15) is 0 Å². The Kier molecular flexibility index (Phi) is 6.66. The van der Waals surface area contributed by atoms with Gasteiger partial charge in [0.15, 0.2) is 0 Å². The van der Waals surface area contributed by atoms with E-state index in [1.165, 1.54) is 18.2 Å². The first kappa shape index (κ1) is 19.6. The fourth-order valence-corrected chi connectivity index (χ4v) is 3.44. The number of amides is 1. The van der Waals surface area contributed by atoms with Crippen LogP contribution < -0.4 is 10.1 Å². The molecule has 1 aliphatic heterocycles. The molecule has 0 aliphatic carbocycles. The number of hydrogen-bond donors (Lipinski definition) is 1. The van der Waals surface area contributed by atoms with Crippen molar-refractivity contribution in [2.24, 2.45) is 0 Å². The summed E-state index contributed by atoms with van der Waals surface area (Å²) in [5.74, 6) is -0.419. The third-order valence-electron chi connectivity index (χ3n) is 4.61. The van der Waals surface area contributed by atoms with E-state index in [9.17, 15) is 9.18 Å². The van der Waals surface area contributed by atoms with E-state index < -0.39 is 11.7 Å². The lowest BCUT2D eigenvalue weighted by molar-refractivity contribution is 0.0162. The van der Waals surface area contributed by atoms with E-state index in [-0.39, 0.29) is 16.6 Å². The van der Waals surface area contributed by atoms with Crippen molar-refractivity contribution in [1.29, 1.82) is 0 Å². The van der Waals surface area contributed by atoms with Gasteiger partial charge in [0.25, 0.3) is 5.91 Å². The molecule has 0 aromatic heterocycles. The van der Waals surface area contributed by atoms with Gasteiger partial charge in [-0.3, -0.25) is 9.69 Å². The monoisotopic (exact) mass is 392 g/mol. The van der Waals surface area contributed by atoms with Crippen molar-refractivity contribution in [2.45, 2.75) is 6.04 Å². The van der Waals surface area contributed by atoms with Crippen LogP contribution in [0.3, 0.4) is 0 Å². The summed E-state index contributed by atoms with van der Waals surface area (Å²) in [6, 6.07) is 11.8. The van der Waals surface area contributed by atoms with Gasteiger partial charge in [0, 0.05) is 19.6 Å². The van der Waals surface area contributed by atoms with Crippen molar-refractivity contribution < 1.29 is 18.7 Å². The zero-order valence-corrected chi connectivity index (χ0v) is 15.8. The smallest absolute Gasteiger partial charge is 0.255 e. The van der Waals surface area contributed by atoms with E-state index in [1.54, 1.807) is 7.11 Å². The minimum Gasteiger partial charge on any atom is -0.497 e. The predicted octanol–water partition coefficient (Wildman–Crippen LogP) is 3.29. The van der Waals surface area contributed by atoms with Crippen LogP contribution in [0.2, 0.25) is 5.02 Å². The minimum absolute atomic E-state index is 0.0847. The lowest BCUT2D eigenvalue weighted by atomic mass is 10.0. The summed E-state index contributed by atoms with van der Waals surface area (Å²) >= 11 is 6.00. The molecule has 2 aromatic rings. The van der Waals surface area contributed by atoms with E-state index in [2.05, 4.69) is 10.2 Å². The Morgan fingerprint density at radius 2 is 2.04 bits per heavy atom. The molecule has 27 heavy (non-hydrogen) atoms. The summed E-state index contributed by atoms with van der Waals surface area (Å²) in [7, 11) is 1.62. The number of carbonyl (C=O) groups is 1. The molecule has 0 spiro atoms. The van der Waals surface area contributed by atoms with Crippen molar-refractivity contribution in [3.8, 4) is 5.75 Å². The fourth-order valence-electron chi connectivity index (χ4n) is 3.19. The Hall–Kier alpha value is -2.15. The predicted molar refractivity (Wildman–Crippen MR) is 102 cm³/mol. The highest BCUT2D eigenvalue weighted by Crippen LogP contribution is 2.25. The Morgan fingerprint density at radius 3 is 2.74 bits per heavy atom. The second-order valence-corrected chi connectivity index (χ2v) is 6.65. The van der Waals surface area contributed by atoms with Crippen LogP contribution in [0.25, 0.3) is 0 Å². The Labute approximate surface area is 163 Å². The minimum atomic E-state index is -0.635. The first-order valence-electron chi connectivity index (χ1n) is 8.78. The second-order valence-electron chi connectivity index (χ2n) is 6.25. The van der Waals surface area contributed by atoms with Crippen LogP contribution in [0.1, 0.15) is 22.0 Å². The van der Waals surface area contributed by atoms with Crippen molar-refractivity contribution in [2.75, 3.05) is 40.0 Å². The largest absolute Gasteiger partial charge is 0.497 e. The molecular weight excluding hydrogens is 371 g/mol. The third-order valence-corrected chi connectivity index (χ3v) is 4.93. The normalized spacial score (nSPS) is 16.0. The molecule has 2 aromatic carbocycles. The van der Waals surface area contributed by atoms with E-state index in [1.807, 2.05) is 24.3 Å². The van der Waals surface area contributed by atoms with Crippen molar-refractivity contribution >= 4 is 17.5 Å². The molecule has 1 saturated heterocycles. The highest BCUT2D eigenvalue weighted by Gasteiger charge is 2.25. The summed E-state index contributed by atoms with van der Waals surface area (Å²) in [5, 5.41) is 2.92. The molecule has 1 heterocycles. The topological polar surface area (TPSA) is 50.8 Å². The van der Waals surface area contributed by atoms with Crippen molar-refractivity contribution in [1.82, 2.24) is 10.2 Å². The van der Waals surface area contributed by atoms with Crippen LogP contribution in [0, 0.1) is 5.82 Å². The number of carbonyl (C=O) groups excluding carboxylic acids is 1. The Balaban J connectivity index is 1.79. The van der Waals surface area contributed by atoms with E-state index in [0.717, 1.165) is 24.4 Å². The van der Waals surface area contributed by atoms with Crippen LogP contribution in [-0.2, 0) is 4.74 Å². The molecule has 1 N–H and O–H groups in total. The van der Waals surface area contributed by atoms with Gasteiger partial charge in [0.1, 0.15) is 11.6 Å². The lowest BCUT2D eigenvalue weighted by Crippen LogP contribution is -2.44. The van der Waals surface area contributed by atoms with Gasteiger partial charge >= 0.3 is 0 Å². The van der Waals surface area contributed by atoms with Crippen LogP contribution in [0.4, 0.5) is 4.39 Å². The SMILES string of the molecule is COc1cccc(C(CNC(=O)c2c(F)cccc2Cl)N2CCOCC2)c1. The maximum Gasteiger partial charge on any atom is 0.255 e. The van der Waals surface area contributed by atoms with Gasteiger partial charge in [-0.05, 0) is 29.8 Å². The Morgan fingerprint density at radius 1 is 1.30 bits per heavy atom. The zero-order chi connectivity index (χ0) is 19.2. The van der Waals surface area contributed by atoms with E-state index in [0.29, 0.717) is 19.8 Å². The molecule has 1 atom stereocenters. The fraction of sp³-hybridized carbons (Fsp3) is 0.350. The van der Waals surface area contributed by atoms with Gasteiger partial charge in [-0.1, -0.05) is 29.8 Å². The van der Waals surface area contributed by atoms with Crippen molar-refractivity contribution in [3.63, 3.8) is 0 Å². The molecule has 3 rings (SSSR count). The number of benzene rings is 2. The average Bonchev–Trinajstić information content (AvgIpc) is 2.69. The average molecular weight is 393 g/mol. The first-order valence-corrected chi connectivity index (χ1v) is 9.16. The first-order chi connectivity index (χ1) is 13.1. The molecule has 1 unspecified atom stereocenters. The molecule has 1 fully saturated rings. The summed E-state index contributed by atoms with van der Waals surface area (Å²) < 4.78 is 24.8. The van der Waals surface area contributed by atoms with Crippen LogP contribution in [0.5, 0.6) is 5.75 Å². The van der Waals surface area contributed by atoms with Gasteiger partial charge in [-0.15, -0.1) is 0 Å². The van der Waals surface area contributed by atoms with E-state index >= 15 is 0 Å². The quantitative estimate of drug-likeness (QED) is 0.819. The molecule has 144 valence electrons.